The van der Waals surface area contributed by atoms with Gasteiger partial charge in [-0.15, -0.1) is 0 Å². The molecule has 1 aliphatic rings. The molecule has 3 amide bonds. The number of rotatable bonds is 8. The maximum Gasteiger partial charge on any atom is 0.387 e. The van der Waals surface area contributed by atoms with Crippen molar-refractivity contribution in [2.45, 2.75) is 39.1 Å². The predicted octanol–water partition coefficient (Wildman–Crippen LogP) is 4.67. The fraction of sp³-hybridized carbons (Fsp3) is 0.212. The second-order valence-electron chi connectivity index (χ2n) is 10.5. The Kier molecular flexibility index (Phi) is 8.68. The number of hydrogen-bond donors (Lipinski definition) is 2. The van der Waals surface area contributed by atoms with Crippen molar-refractivity contribution in [1.82, 2.24) is 5.32 Å². The second-order valence-corrected chi connectivity index (χ2v) is 10.5. The highest BCUT2D eigenvalue weighted by molar-refractivity contribution is 6.13. The van der Waals surface area contributed by atoms with E-state index >= 15 is 0 Å². The Hall–Kier alpha value is -5.16. The highest BCUT2D eigenvalue weighted by atomic mass is 19.3. The Morgan fingerprint density at radius 3 is 2.23 bits per heavy atom. The van der Waals surface area contributed by atoms with Crippen LogP contribution in [0.25, 0.3) is 10.8 Å². The van der Waals surface area contributed by atoms with E-state index in [9.17, 15) is 28.0 Å². The van der Waals surface area contributed by atoms with Gasteiger partial charge in [0, 0.05) is 16.7 Å². The van der Waals surface area contributed by atoms with Gasteiger partial charge >= 0.3 is 6.61 Å². The van der Waals surface area contributed by atoms with Gasteiger partial charge in [0.05, 0.1) is 30.5 Å². The molecule has 1 aliphatic heterocycles. The van der Waals surface area contributed by atoms with E-state index in [1.807, 2.05) is 6.07 Å². The lowest BCUT2D eigenvalue weighted by Gasteiger charge is -2.27. The SMILES string of the molecule is CC(=O)c1ccc(C(=O)N2CC(NC(=O)C(C)N)C(=O)N(Cc3c(OC(F)F)ccc4ccccc34)c3ccccc32)cc1. The summed E-state index contributed by atoms with van der Waals surface area (Å²) in [6.45, 7) is -0.677. The number of nitrogens with zero attached hydrogens (tertiary/aromatic N) is 2. The molecule has 0 radical (unpaired) electrons. The number of hydrogen-bond acceptors (Lipinski definition) is 6. The molecule has 3 N–H and O–H groups in total. The van der Waals surface area contributed by atoms with Crippen LogP contribution in [0.15, 0.2) is 84.9 Å². The molecule has 0 saturated carbocycles. The van der Waals surface area contributed by atoms with Crippen molar-refractivity contribution in [1.29, 1.82) is 0 Å². The first-order valence-electron chi connectivity index (χ1n) is 13.9. The summed E-state index contributed by atoms with van der Waals surface area (Å²) in [6.07, 6.45) is 0. The van der Waals surface area contributed by atoms with E-state index in [1.54, 1.807) is 48.5 Å². The van der Waals surface area contributed by atoms with E-state index in [-0.39, 0.29) is 30.2 Å². The smallest absolute Gasteiger partial charge is 0.387 e. The molecule has 2 unspecified atom stereocenters. The molecule has 0 spiro atoms. The minimum absolute atomic E-state index is 0.108. The molecule has 0 bridgehead atoms. The maximum absolute atomic E-state index is 14.3. The van der Waals surface area contributed by atoms with Crippen molar-refractivity contribution in [3.8, 4) is 5.75 Å². The first-order chi connectivity index (χ1) is 21.0. The molecule has 0 fully saturated rings. The van der Waals surface area contributed by atoms with Crippen LogP contribution in [0.1, 0.15) is 40.1 Å². The van der Waals surface area contributed by atoms with Crippen molar-refractivity contribution in [3.05, 3.63) is 102 Å². The molecular formula is C33H30F2N4O5. The van der Waals surface area contributed by atoms with Crippen LogP contribution in [0.2, 0.25) is 0 Å². The molecule has 5 rings (SSSR count). The summed E-state index contributed by atoms with van der Waals surface area (Å²) in [4.78, 5) is 55.5. The Labute approximate surface area is 252 Å². The van der Waals surface area contributed by atoms with Gasteiger partial charge in [-0.2, -0.15) is 8.78 Å². The zero-order chi connectivity index (χ0) is 31.5. The summed E-state index contributed by atoms with van der Waals surface area (Å²) in [7, 11) is 0. The van der Waals surface area contributed by atoms with Crippen LogP contribution in [-0.2, 0) is 16.1 Å². The van der Waals surface area contributed by atoms with Crippen LogP contribution in [0.5, 0.6) is 5.75 Å². The minimum atomic E-state index is -3.11. The van der Waals surface area contributed by atoms with Gasteiger partial charge in [-0.3, -0.25) is 19.2 Å². The topological polar surface area (TPSA) is 122 Å². The first kappa shape index (κ1) is 30.3. The highest BCUT2D eigenvalue weighted by Gasteiger charge is 2.38. The van der Waals surface area contributed by atoms with Crippen LogP contribution in [-0.4, -0.2) is 48.7 Å². The number of anilines is 2. The number of alkyl halides is 2. The molecular weight excluding hydrogens is 570 g/mol. The quantitative estimate of drug-likeness (QED) is 0.284. The summed E-state index contributed by atoms with van der Waals surface area (Å²) < 4.78 is 31.8. The summed E-state index contributed by atoms with van der Waals surface area (Å²) in [6, 6.07) is 20.8. The summed E-state index contributed by atoms with van der Waals surface area (Å²) >= 11 is 0. The summed E-state index contributed by atoms with van der Waals surface area (Å²) in [5, 5.41) is 3.99. The van der Waals surface area contributed by atoms with Crippen LogP contribution >= 0.6 is 0 Å². The zero-order valence-corrected chi connectivity index (χ0v) is 24.0. The zero-order valence-electron chi connectivity index (χ0n) is 24.0. The number of carbonyl (C=O) groups is 4. The van der Waals surface area contributed by atoms with Gasteiger partial charge < -0.3 is 25.6 Å². The van der Waals surface area contributed by atoms with Gasteiger partial charge in [0.15, 0.2) is 5.78 Å². The van der Waals surface area contributed by atoms with Crippen LogP contribution in [0.4, 0.5) is 20.2 Å². The standard InChI is InChI=1S/C33H30F2N4O5/c1-19(36)30(41)37-26-18-39(31(42)23-13-11-21(12-14-23)20(2)40)28-10-6-5-9-27(28)38(32(26)43)17-25-24-8-4-3-7-22(24)15-16-29(25)44-33(34)35/h3-16,19,26,33H,17-18,36H2,1-2H3,(H,37,41). The second kappa shape index (κ2) is 12.6. The molecule has 1 heterocycles. The monoisotopic (exact) mass is 600 g/mol. The number of nitrogens with one attached hydrogen (secondary N) is 1. The average Bonchev–Trinajstić information content (AvgIpc) is 3.12. The van der Waals surface area contributed by atoms with Crippen molar-refractivity contribution in [2.24, 2.45) is 5.73 Å². The van der Waals surface area contributed by atoms with Gasteiger partial charge in [-0.05, 0) is 55.0 Å². The Morgan fingerprint density at radius 2 is 1.57 bits per heavy atom. The lowest BCUT2D eigenvalue weighted by atomic mass is 10.0. The number of para-hydroxylation sites is 2. The van der Waals surface area contributed by atoms with Gasteiger partial charge in [-0.1, -0.05) is 54.6 Å². The fourth-order valence-corrected chi connectivity index (χ4v) is 5.20. The van der Waals surface area contributed by atoms with Crippen molar-refractivity contribution >= 4 is 45.7 Å². The lowest BCUT2D eigenvalue weighted by Crippen LogP contribution is -2.55. The Balaban J connectivity index is 1.65. The van der Waals surface area contributed by atoms with E-state index in [0.29, 0.717) is 27.9 Å². The molecule has 4 aromatic carbocycles. The number of halogens is 2. The van der Waals surface area contributed by atoms with Crippen molar-refractivity contribution in [3.63, 3.8) is 0 Å². The minimum Gasteiger partial charge on any atom is -0.434 e. The molecule has 0 aromatic heterocycles. The van der Waals surface area contributed by atoms with Gasteiger partial charge in [0.2, 0.25) is 5.91 Å². The van der Waals surface area contributed by atoms with Crippen LogP contribution < -0.4 is 25.6 Å². The number of benzene rings is 4. The Morgan fingerprint density at radius 1 is 0.932 bits per heavy atom. The van der Waals surface area contributed by atoms with E-state index in [1.165, 1.54) is 54.0 Å². The van der Waals surface area contributed by atoms with Gasteiger partial charge in [0.25, 0.3) is 11.8 Å². The first-order valence-corrected chi connectivity index (χ1v) is 13.9. The Bertz CT molecular complexity index is 1740. The average molecular weight is 601 g/mol. The molecule has 9 nitrogen and oxygen atoms in total. The largest absolute Gasteiger partial charge is 0.434 e. The number of ether oxygens (including phenoxy) is 1. The van der Waals surface area contributed by atoms with Crippen LogP contribution in [0, 0.1) is 0 Å². The highest BCUT2D eigenvalue weighted by Crippen LogP contribution is 2.38. The van der Waals surface area contributed by atoms with Gasteiger partial charge in [0.1, 0.15) is 11.8 Å². The normalized spacial score (nSPS) is 15.5. The number of nitrogens with two attached hydrogens (primary N) is 1. The molecule has 2 atom stereocenters. The van der Waals surface area contributed by atoms with Crippen molar-refractivity contribution in [2.75, 3.05) is 16.3 Å². The molecule has 0 saturated heterocycles. The molecule has 44 heavy (non-hydrogen) atoms. The summed E-state index contributed by atoms with van der Waals surface area (Å²) in [5.74, 6) is -1.94. The third-order valence-electron chi connectivity index (χ3n) is 7.44. The fourth-order valence-electron chi connectivity index (χ4n) is 5.20. The predicted molar refractivity (Wildman–Crippen MR) is 162 cm³/mol. The molecule has 11 heteroatoms. The molecule has 0 aliphatic carbocycles. The third-order valence-corrected chi connectivity index (χ3v) is 7.44. The number of amides is 3. The number of ketones is 1. The molecule has 4 aromatic rings. The van der Waals surface area contributed by atoms with Crippen molar-refractivity contribution < 1.29 is 32.7 Å². The van der Waals surface area contributed by atoms with Gasteiger partial charge in [-0.25, -0.2) is 0 Å². The van der Waals surface area contributed by atoms with E-state index in [4.69, 9.17) is 10.5 Å². The number of carbonyl (C=O) groups excluding carboxylic acids is 4. The summed E-state index contributed by atoms with van der Waals surface area (Å²) in [5.41, 5.74) is 7.48. The number of Topliss-reactive ketones (excluding diaryl/α,β-unsaturated/α-hetero) is 1. The third kappa shape index (κ3) is 6.13. The molecule has 226 valence electrons. The maximum atomic E-state index is 14.3. The number of fused-ring (bicyclic) bond motifs is 2. The van der Waals surface area contributed by atoms with E-state index in [2.05, 4.69) is 5.32 Å². The van der Waals surface area contributed by atoms with E-state index in [0.717, 1.165) is 5.39 Å². The van der Waals surface area contributed by atoms with E-state index < -0.39 is 36.4 Å². The lowest BCUT2D eigenvalue weighted by molar-refractivity contribution is -0.127. The van der Waals surface area contributed by atoms with Crippen LogP contribution in [0.3, 0.4) is 0 Å².